The van der Waals surface area contributed by atoms with Crippen LogP contribution in [0.4, 0.5) is 0 Å². The number of ether oxygens (including phenoxy) is 1. The molecule has 2 aromatic rings. The molecule has 4 heteroatoms. The summed E-state index contributed by atoms with van der Waals surface area (Å²) in [6, 6.07) is 9.22. The summed E-state index contributed by atoms with van der Waals surface area (Å²) in [6.45, 7) is 4.49. The normalized spacial score (nSPS) is 9.94. The zero-order valence-corrected chi connectivity index (χ0v) is 10.5. The molecule has 2 rings (SSSR count). The molecule has 0 saturated carbocycles. The van der Waals surface area contributed by atoms with Gasteiger partial charge in [0.25, 0.3) is 0 Å². The van der Waals surface area contributed by atoms with Gasteiger partial charge in [0, 0.05) is 4.88 Å². The second-order valence-corrected chi connectivity index (χ2v) is 4.97. The lowest BCUT2D eigenvalue weighted by molar-refractivity contribution is 0.305. The Hall–Kier alpha value is -1.86. The van der Waals surface area contributed by atoms with E-state index in [-0.39, 0.29) is 0 Å². The van der Waals surface area contributed by atoms with Gasteiger partial charge in [0.15, 0.2) is 0 Å². The first-order valence-electron chi connectivity index (χ1n) is 5.25. The average molecular weight is 244 g/mol. The van der Waals surface area contributed by atoms with Gasteiger partial charge in [-0.1, -0.05) is 6.07 Å². The van der Waals surface area contributed by atoms with Crippen molar-refractivity contribution in [1.82, 2.24) is 4.98 Å². The van der Waals surface area contributed by atoms with E-state index >= 15 is 0 Å². The number of hydrogen-bond donors (Lipinski definition) is 0. The Morgan fingerprint density at radius 1 is 1.41 bits per heavy atom. The van der Waals surface area contributed by atoms with E-state index < -0.39 is 0 Å². The molecule has 0 aliphatic rings. The third-order valence-corrected chi connectivity index (χ3v) is 3.44. The molecular weight excluding hydrogens is 232 g/mol. The van der Waals surface area contributed by atoms with Crippen LogP contribution >= 0.6 is 11.3 Å². The Kier molecular flexibility index (Phi) is 3.40. The number of aryl methyl sites for hydroxylation is 2. The minimum absolute atomic E-state index is 0.453. The summed E-state index contributed by atoms with van der Waals surface area (Å²) in [4.78, 5) is 5.61. The summed E-state index contributed by atoms with van der Waals surface area (Å²) < 4.78 is 5.60. The molecule has 0 spiro atoms. The molecular formula is C13H12N2OS. The number of thiazole rings is 1. The Labute approximate surface area is 104 Å². The minimum atomic E-state index is 0.453. The molecule has 1 aromatic heterocycles. The van der Waals surface area contributed by atoms with Gasteiger partial charge in [0.1, 0.15) is 17.4 Å². The lowest BCUT2D eigenvalue weighted by Crippen LogP contribution is -1.95. The molecule has 0 N–H and O–H groups in total. The fourth-order valence-electron chi connectivity index (χ4n) is 1.40. The predicted molar refractivity (Wildman–Crippen MR) is 67.1 cm³/mol. The topological polar surface area (TPSA) is 45.9 Å². The summed E-state index contributed by atoms with van der Waals surface area (Å²) in [7, 11) is 0. The summed E-state index contributed by atoms with van der Waals surface area (Å²) in [5.74, 6) is 0.703. The SMILES string of the molecule is Cc1nc(COc2cccc(C#N)c2)sc1C. The van der Waals surface area contributed by atoms with Crippen molar-refractivity contribution in [1.29, 1.82) is 5.26 Å². The Bertz CT molecular complexity index is 550. The maximum Gasteiger partial charge on any atom is 0.140 e. The van der Waals surface area contributed by atoms with Crippen molar-refractivity contribution in [2.45, 2.75) is 20.5 Å². The number of nitriles is 1. The van der Waals surface area contributed by atoms with Crippen LogP contribution in [0.25, 0.3) is 0 Å². The number of nitrogens with zero attached hydrogens (tertiary/aromatic N) is 2. The van der Waals surface area contributed by atoms with Crippen molar-refractivity contribution in [2.75, 3.05) is 0 Å². The highest BCUT2D eigenvalue weighted by molar-refractivity contribution is 7.11. The first-order valence-corrected chi connectivity index (χ1v) is 6.06. The highest BCUT2D eigenvalue weighted by atomic mass is 32.1. The Morgan fingerprint density at radius 3 is 2.88 bits per heavy atom. The van der Waals surface area contributed by atoms with E-state index in [1.807, 2.05) is 26.0 Å². The second kappa shape index (κ2) is 4.98. The van der Waals surface area contributed by atoms with E-state index in [0.29, 0.717) is 17.9 Å². The van der Waals surface area contributed by atoms with Gasteiger partial charge in [-0.3, -0.25) is 0 Å². The summed E-state index contributed by atoms with van der Waals surface area (Å²) in [5.41, 5.74) is 1.66. The summed E-state index contributed by atoms with van der Waals surface area (Å²) in [6.07, 6.45) is 0. The average Bonchev–Trinajstić information content (AvgIpc) is 2.67. The molecule has 17 heavy (non-hydrogen) atoms. The third-order valence-electron chi connectivity index (χ3n) is 2.40. The van der Waals surface area contributed by atoms with E-state index in [1.165, 1.54) is 4.88 Å². The fourth-order valence-corrected chi connectivity index (χ4v) is 2.25. The Morgan fingerprint density at radius 2 is 2.24 bits per heavy atom. The highest BCUT2D eigenvalue weighted by Crippen LogP contribution is 2.19. The van der Waals surface area contributed by atoms with Crippen LogP contribution in [0.3, 0.4) is 0 Å². The maximum atomic E-state index is 8.77. The molecule has 0 atom stereocenters. The monoisotopic (exact) mass is 244 g/mol. The van der Waals surface area contributed by atoms with Crippen molar-refractivity contribution >= 4 is 11.3 Å². The Balaban J connectivity index is 2.05. The number of aromatic nitrogens is 1. The van der Waals surface area contributed by atoms with Crippen LogP contribution in [-0.2, 0) is 6.61 Å². The third kappa shape index (κ3) is 2.83. The number of rotatable bonds is 3. The quantitative estimate of drug-likeness (QED) is 0.832. The second-order valence-electron chi connectivity index (χ2n) is 3.68. The van der Waals surface area contributed by atoms with Crippen LogP contribution < -0.4 is 4.74 Å². The molecule has 3 nitrogen and oxygen atoms in total. The highest BCUT2D eigenvalue weighted by Gasteiger charge is 2.04. The van der Waals surface area contributed by atoms with E-state index in [4.69, 9.17) is 10.00 Å². The summed E-state index contributed by atoms with van der Waals surface area (Å²) >= 11 is 1.64. The van der Waals surface area contributed by atoms with Gasteiger partial charge in [-0.05, 0) is 32.0 Å². The van der Waals surface area contributed by atoms with Gasteiger partial charge in [-0.15, -0.1) is 11.3 Å². The lowest BCUT2D eigenvalue weighted by Gasteiger charge is -2.03. The van der Waals surface area contributed by atoms with Crippen molar-refractivity contribution < 1.29 is 4.74 Å². The van der Waals surface area contributed by atoms with Crippen molar-refractivity contribution in [3.8, 4) is 11.8 Å². The zero-order valence-electron chi connectivity index (χ0n) is 9.73. The molecule has 0 aliphatic heterocycles. The molecule has 0 unspecified atom stereocenters. The van der Waals surface area contributed by atoms with Crippen molar-refractivity contribution in [3.63, 3.8) is 0 Å². The van der Waals surface area contributed by atoms with E-state index in [2.05, 4.69) is 11.1 Å². The standard InChI is InChI=1S/C13H12N2OS/c1-9-10(2)17-13(15-9)8-16-12-5-3-4-11(6-12)7-14/h3-6H,8H2,1-2H3. The molecule has 0 saturated heterocycles. The molecule has 1 aromatic carbocycles. The van der Waals surface area contributed by atoms with Crippen molar-refractivity contribution in [3.05, 3.63) is 45.4 Å². The lowest BCUT2D eigenvalue weighted by atomic mass is 10.2. The van der Waals surface area contributed by atoms with E-state index in [1.54, 1.807) is 23.5 Å². The molecule has 0 radical (unpaired) electrons. The van der Waals surface area contributed by atoms with Crippen LogP contribution in [0.2, 0.25) is 0 Å². The zero-order chi connectivity index (χ0) is 12.3. The van der Waals surface area contributed by atoms with E-state index in [9.17, 15) is 0 Å². The minimum Gasteiger partial charge on any atom is -0.486 e. The number of hydrogen-bond acceptors (Lipinski definition) is 4. The van der Waals surface area contributed by atoms with Crippen LogP contribution in [0.5, 0.6) is 5.75 Å². The molecule has 1 heterocycles. The molecule has 0 bridgehead atoms. The summed E-state index contributed by atoms with van der Waals surface area (Å²) in [5, 5.41) is 9.73. The van der Waals surface area contributed by atoms with Gasteiger partial charge in [0.2, 0.25) is 0 Å². The van der Waals surface area contributed by atoms with Gasteiger partial charge in [-0.2, -0.15) is 5.26 Å². The first-order chi connectivity index (χ1) is 8.19. The van der Waals surface area contributed by atoms with Crippen LogP contribution in [0.15, 0.2) is 24.3 Å². The van der Waals surface area contributed by atoms with Gasteiger partial charge < -0.3 is 4.74 Å². The van der Waals surface area contributed by atoms with E-state index in [0.717, 1.165) is 10.7 Å². The molecule has 86 valence electrons. The largest absolute Gasteiger partial charge is 0.486 e. The van der Waals surface area contributed by atoms with Crippen LogP contribution in [0, 0.1) is 25.2 Å². The predicted octanol–water partition coefficient (Wildman–Crippen LogP) is 3.21. The molecule has 0 aliphatic carbocycles. The maximum absolute atomic E-state index is 8.77. The first kappa shape index (κ1) is 11.6. The molecule has 0 amide bonds. The van der Waals surface area contributed by atoms with Crippen LogP contribution in [-0.4, -0.2) is 4.98 Å². The molecule has 0 fully saturated rings. The smallest absolute Gasteiger partial charge is 0.140 e. The van der Waals surface area contributed by atoms with Gasteiger partial charge >= 0.3 is 0 Å². The van der Waals surface area contributed by atoms with Gasteiger partial charge in [0.05, 0.1) is 17.3 Å². The van der Waals surface area contributed by atoms with Crippen molar-refractivity contribution in [2.24, 2.45) is 0 Å². The number of benzene rings is 1. The fraction of sp³-hybridized carbons (Fsp3) is 0.231. The van der Waals surface area contributed by atoms with Gasteiger partial charge in [-0.25, -0.2) is 4.98 Å². The van der Waals surface area contributed by atoms with Crippen LogP contribution in [0.1, 0.15) is 21.1 Å².